The second-order valence-electron chi connectivity index (χ2n) is 3.77. The maximum atomic E-state index is 13.4. The Labute approximate surface area is 119 Å². The highest BCUT2D eigenvalue weighted by molar-refractivity contribution is 7.10. The molecular weight excluding hydrogens is 317 g/mol. The molecule has 1 N–H and O–H groups in total. The van der Waals surface area contributed by atoms with Gasteiger partial charge in [-0.2, -0.15) is 8.78 Å². The molecule has 2 rings (SSSR count). The summed E-state index contributed by atoms with van der Waals surface area (Å²) in [4.78, 5) is 0. The third kappa shape index (κ3) is 2.89. The van der Waals surface area contributed by atoms with Crippen molar-refractivity contribution in [2.24, 2.45) is 0 Å². The van der Waals surface area contributed by atoms with Gasteiger partial charge >= 0.3 is 0 Å². The Kier molecular flexibility index (Phi) is 4.56. The minimum Gasteiger partial charge on any atom is -0.481 e. The summed E-state index contributed by atoms with van der Waals surface area (Å²) in [5, 5.41) is 7.00. The Morgan fingerprint density at radius 2 is 1.57 bits per heavy atom. The van der Waals surface area contributed by atoms with Crippen LogP contribution in [0.25, 0.3) is 0 Å². The number of halogens is 5. The van der Waals surface area contributed by atoms with Gasteiger partial charge in [-0.15, -0.1) is 5.10 Å². The third-order valence-electron chi connectivity index (χ3n) is 2.42. The van der Waals surface area contributed by atoms with Gasteiger partial charge in [-0.3, -0.25) is 0 Å². The van der Waals surface area contributed by atoms with Gasteiger partial charge in [0, 0.05) is 18.1 Å². The maximum absolute atomic E-state index is 13.4. The van der Waals surface area contributed by atoms with Gasteiger partial charge in [0.25, 0.3) is 0 Å². The van der Waals surface area contributed by atoms with Crippen LogP contribution >= 0.6 is 11.5 Å². The molecule has 21 heavy (non-hydrogen) atoms. The van der Waals surface area contributed by atoms with Crippen LogP contribution in [0.15, 0.2) is 0 Å². The molecule has 114 valence electrons. The van der Waals surface area contributed by atoms with Crippen molar-refractivity contribution in [3.8, 4) is 5.75 Å². The first-order chi connectivity index (χ1) is 9.97. The lowest BCUT2D eigenvalue weighted by Gasteiger charge is -2.09. The Morgan fingerprint density at radius 1 is 1.00 bits per heavy atom. The van der Waals surface area contributed by atoms with Crippen molar-refractivity contribution in [2.45, 2.75) is 13.5 Å². The minimum atomic E-state index is -2.24. The van der Waals surface area contributed by atoms with Crippen molar-refractivity contribution >= 4 is 16.5 Å². The quantitative estimate of drug-likeness (QED) is 0.521. The summed E-state index contributed by atoms with van der Waals surface area (Å²) in [6.07, 6.45) is 0. The Bertz CT molecular complexity index is 635. The van der Waals surface area contributed by atoms with E-state index in [4.69, 9.17) is 0 Å². The van der Waals surface area contributed by atoms with Crippen LogP contribution in [-0.2, 0) is 6.61 Å². The zero-order valence-electron chi connectivity index (χ0n) is 10.5. The molecule has 0 unspecified atom stereocenters. The van der Waals surface area contributed by atoms with Gasteiger partial charge in [0.2, 0.25) is 29.1 Å². The van der Waals surface area contributed by atoms with E-state index in [0.717, 1.165) is 11.5 Å². The Balaban J connectivity index is 2.26. The highest BCUT2D eigenvalue weighted by Gasteiger charge is 2.27. The van der Waals surface area contributed by atoms with Crippen LogP contribution in [0.5, 0.6) is 5.75 Å². The second-order valence-corrected chi connectivity index (χ2v) is 4.52. The number of hydrogen-bond donors (Lipinski definition) is 1. The van der Waals surface area contributed by atoms with E-state index in [2.05, 4.69) is 19.6 Å². The molecule has 2 aromatic rings. The van der Waals surface area contributed by atoms with Crippen molar-refractivity contribution in [2.75, 3.05) is 11.9 Å². The molecule has 1 heterocycles. The number of hydrogen-bond acceptors (Lipinski definition) is 5. The van der Waals surface area contributed by atoms with Gasteiger partial charge in [0.05, 0.1) is 0 Å². The second kappa shape index (κ2) is 6.20. The van der Waals surface area contributed by atoms with Crippen LogP contribution in [0.1, 0.15) is 12.6 Å². The van der Waals surface area contributed by atoms with Crippen LogP contribution in [0.2, 0.25) is 0 Å². The van der Waals surface area contributed by atoms with Gasteiger partial charge in [0.1, 0.15) is 17.3 Å². The summed E-state index contributed by atoms with van der Waals surface area (Å²) in [7, 11) is 0. The average molecular weight is 325 g/mol. The van der Waals surface area contributed by atoms with Crippen molar-refractivity contribution in [1.82, 2.24) is 9.59 Å². The zero-order chi connectivity index (χ0) is 15.6. The van der Waals surface area contributed by atoms with Gasteiger partial charge in [0.15, 0.2) is 5.75 Å². The molecule has 0 spiro atoms. The van der Waals surface area contributed by atoms with E-state index in [-0.39, 0.29) is 5.69 Å². The monoisotopic (exact) mass is 325 g/mol. The lowest BCUT2D eigenvalue weighted by Crippen LogP contribution is -2.08. The van der Waals surface area contributed by atoms with Crippen LogP contribution < -0.4 is 10.1 Å². The van der Waals surface area contributed by atoms with Crippen LogP contribution in [0.3, 0.4) is 0 Å². The topological polar surface area (TPSA) is 47.0 Å². The highest BCUT2D eigenvalue weighted by Crippen LogP contribution is 2.30. The summed E-state index contributed by atoms with van der Waals surface area (Å²) >= 11 is 0.979. The van der Waals surface area contributed by atoms with Crippen LogP contribution in [0.4, 0.5) is 27.0 Å². The molecule has 0 aliphatic heterocycles. The van der Waals surface area contributed by atoms with Gasteiger partial charge in [-0.05, 0) is 6.92 Å². The first-order valence-electron chi connectivity index (χ1n) is 5.66. The first-order valence-corrected chi connectivity index (χ1v) is 6.44. The molecule has 0 aliphatic carbocycles. The number of anilines is 1. The van der Waals surface area contributed by atoms with Crippen molar-refractivity contribution in [1.29, 1.82) is 0 Å². The molecule has 10 heteroatoms. The van der Waals surface area contributed by atoms with E-state index in [1.807, 2.05) is 0 Å². The molecular formula is C11H8F5N3OS. The smallest absolute Gasteiger partial charge is 0.207 e. The fourth-order valence-corrected chi connectivity index (χ4v) is 2.08. The van der Waals surface area contributed by atoms with E-state index in [0.29, 0.717) is 11.5 Å². The number of nitrogens with one attached hydrogen (secondary N) is 1. The SMILES string of the molecule is CCNc1snnc1COc1c(F)c(F)c(F)c(F)c1F. The lowest BCUT2D eigenvalue weighted by atomic mass is 10.2. The number of benzene rings is 1. The molecule has 1 aromatic heterocycles. The van der Waals surface area contributed by atoms with Gasteiger partial charge < -0.3 is 10.1 Å². The number of nitrogens with zero attached hydrogens (tertiary/aromatic N) is 2. The standard InChI is InChI=1S/C11H8F5N3OS/c1-2-17-11-4(18-19-21-11)3-20-10-8(15)6(13)5(12)7(14)9(10)16/h17H,2-3H2,1H3. The fourth-order valence-electron chi connectivity index (χ4n) is 1.45. The Morgan fingerprint density at radius 3 is 2.14 bits per heavy atom. The summed E-state index contributed by atoms with van der Waals surface area (Å²) in [5.41, 5.74) is 0.200. The molecule has 0 fully saturated rings. The van der Waals surface area contributed by atoms with E-state index in [1.54, 1.807) is 6.92 Å². The molecule has 0 saturated carbocycles. The van der Waals surface area contributed by atoms with Crippen molar-refractivity contribution < 1.29 is 26.7 Å². The van der Waals surface area contributed by atoms with Crippen molar-refractivity contribution in [3.05, 3.63) is 34.8 Å². The van der Waals surface area contributed by atoms with Crippen LogP contribution in [0, 0.1) is 29.1 Å². The number of rotatable bonds is 5. The molecule has 4 nitrogen and oxygen atoms in total. The normalized spacial score (nSPS) is 10.8. The maximum Gasteiger partial charge on any atom is 0.207 e. The summed E-state index contributed by atoms with van der Waals surface area (Å²) in [6, 6.07) is 0. The first kappa shape index (κ1) is 15.4. The molecule has 0 atom stereocenters. The van der Waals surface area contributed by atoms with E-state index in [1.165, 1.54) is 0 Å². The average Bonchev–Trinajstić information content (AvgIpc) is 2.91. The number of aromatic nitrogens is 2. The fraction of sp³-hybridized carbons (Fsp3) is 0.273. The van der Waals surface area contributed by atoms with E-state index in [9.17, 15) is 22.0 Å². The molecule has 0 aliphatic rings. The predicted molar refractivity (Wildman–Crippen MR) is 64.6 cm³/mol. The van der Waals surface area contributed by atoms with E-state index >= 15 is 0 Å². The van der Waals surface area contributed by atoms with E-state index < -0.39 is 41.4 Å². The van der Waals surface area contributed by atoms with Crippen molar-refractivity contribution in [3.63, 3.8) is 0 Å². The van der Waals surface area contributed by atoms with Crippen LogP contribution in [-0.4, -0.2) is 16.1 Å². The molecule has 0 radical (unpaired) electrons. The zero-order valence-corrected chi connectivity index (χ0v) is 11.3. The molecule has 0 amide bonds. The molecule has 1 aromatic carbocycles. The summed E-state index contributed by atoms with van der Waals surface area (Å²) in [5.74, 6) is -11.8. The summed E-state index contributed by atoms with van der Waals surface area (Å²) in [6.45, 7) is 1.85. The minimum absolute atomic E-state index is 0.200. The Hall–Kier alpha value is -1.97. The third-order valence-corrected chi connectivity index (χ3v) is 3.14. The summed E-state index contributed by atoms with van der Waals surface area (Å²) < 4.78 is 73.9. The highest BCUT2D eigenvalue weighted by atomic mass is 32.1. The predicted octanol–water partition coefficient (Wildman–Crippen LogP) is 3.24. The van der Waals surface area contributed by atoms with Gasteiger partial charge in [-0.1, -0.05) is 4.49 Å². The molecule has 0 bridgehead atoms. The number of ether oxygens (including phenoxy) is 1. The lowest BCUT2D eigenvalue weighted by molar-refractivity contribution is 0.250. The molecule has 0 saturated heterocycles. The largest absolute Gasteiger partial charge is 0.481 e. The van der Waals surface area contributed by atoms with Gasteiger partial charge in [-0.25, -0.2) is 13.2 Å².